The first-order valence-electron chi connectivity index (χ1n) is 10.3. The van der Waals surface area contributed by atoms with Gasteiger partial charge in [0.25, 0.3) is 5.91 Å². The molecule has 3 N–H and O–H groups in total. The summed E-state index contributed by atoms with van der Waals surface area (Å²) in [5, 5.41) is 8.43. The van der Waals surface area contributed by atoms with Crippen molar-refractivity contribution in [1.82, 2.24) is 15.5 Å². The number of nitrogens with zero attached hydrogens (tertiary/aromatic N) is 1. The number of hydrogen-bond acceptors (Lipinski definition) is 4. The standard InChI is InChI=1S/C23H26N4O3/c28-21(14-20-23(30)25-19-9-5-4-8-18(19)22(29)26-20)24-17-10-12-27(13-11-17)15-16-6-2-1-3-7-16/h1-9,17,20H,10-15H2,(H,24,28)(H,25,30)(H,26,29)/t20-/m0/s1. The highest BCUT2D eigenvalue weighted by atomic mass is 16.2. The molecular formula is C23H26N4O3. The van der Waals surface area contributed by atoms with Gasteiger partial charge in [-0.3, -0.25) is 19.3 Å². The topological polar surface area (TPSA) is 90.5 Å². The highest BCUT2D eigenvalue weighted by molar-refractivity contribution is 6.10. The highest BCUT2D eigenvalue weighted by Gasteiger charge is 2.30. The van der Waals surface area contributed by atoms with Crippen molar-refractivity contribution < 1.29 is 14.4 Å². The molecule has 0 aliphatic carbocycles. The maximum Gasteiger partial charge on any atom is 0.254 e. The summed E-state index contributed by atoms with van der Waals surface area (Å²) in [6.07, 6.45) is 1.66. The van der Waals surface area contributed by atoms with Crippen LogP contribution in [-0.4, -0.2) is 47.8 Å². The Morgan fingerprint density at radius 1 is 1.00 bits per heavy atom. The highest BCUT2D eigenvalue weighted by Crippen LogP contribution is 2.19. The maximum absolute atomic E-state index is 12.5. The molecule has 1 fully saturated rings. The van der Waals surface area contributed by atoms with Gasteiger partial charge in [-0.1, -0.05) is 42.5 Å². The maximum atomic E-state index is 12.5. The lowest BCUT2D eigenvalue weighted by Gasteiger charge is -2.32. The summed E-state index contributed by atoms with van der Waals surface area (Å²) in [5.74, 6) is -0.944. The monoisotopic (exact) mass is 406 g/mol. The van der Waals surface area contributed by atoms with Crippen LogP contribution < -0.4 is 16.0 Å². The summed E-state index contributed by atoms with van der Waals surface area (Å²) in [4.78, 5) is 39.7. The number of carbonyl (C=O) groups excluding carboxylic acids is 3. The number of piperidine rings is 1. The van der Waals surface area contributed by atoms with Crippen molar-refractivity contribution in [1.29, 1.82) is 0 Å². The van der Waals surface area contributed by atoms with Crippen LogP contribution in [0, 0.1) is 0 Å². The molecule has 156 valence electrons. The number of carbonyl (C=O) groups is 3. The third-order valence-electron chi connectivity index (χ3n) is 5.64. The summed E-state index contributed by atoms with van der Waals surface area (Å²) in [7, 11) is 0. The van der Waals surface area contributed by atoms with Crippen LogP contribution in [0.1, 0.15) is 35.2 Å². The van der Waals surface area contributed by atoms with E-state index in [9.17, 15) is 14.4 Å². The molecule has 0 saturated carbocycles. The third kappa shape index (κ3) is 4.86. The molecule has 7 heteroatoms. The van der Waals surface area contributed by atoms with Crippen LogP contribution in [0.3, 0.4) is 0 Å². The van der Waals surface area contributed by atoms with Gasteiger partial charge in [-0.25, -0.2) is 0 Å². The first-order chi connectivity index (χ1) is 14.6. The first-order valence-corrected chi connectivity index (χ1v) is 10.3. The van der Waals surface area contributed by atoms with Crippen LogP contribution in [0.4, 0.5) is 5.69 Å². The molecule has 4 rings (SSSR count). The van der Waals surface area contributed by atoms with Gasteiger partial charge >= 0.3 is 0 Å². The fourth-order valence-electron chi connectivity index (χ4n) is 4.00. The van der Waals surface area contributed by atoms with Gasteiger partial charge in [0.15, 0.2) is 0 Å². The smallest absolute Gasteiger partial charge is 0.254 e. The Kier molecular flexibility index (Phi) is 6.09. The van der Waals surface area contributed by atoms with E-state index in [0.29, 0.717) is 11.3 Å². The molecule has 0 aromatic heterocycles. The molecule has 0 spiro atoms. The molecule has 30 heavy (non-hydrogen) atoms. The lowest BCUT2D eigenvalue weighted by Crippen LogP contribution is -2.48. The number of anilines is 1. The van der Waals surface area contributed by atoms with Gasteiger partial charge in [0.2, 0.25) is 11.8 Å². The summed E-state index contributed by atoms with van der Waals surface area (Å²) in [5.41, 5.74) is 2.16. The second-order valence-electron chi connectivity index (χ2n) is 7.87. The van der Waals surface area contributed by atoms with E-state index in [2.05, 4.69) is 33.0 Å². The minimum Gasteiger partial charge on any atom is -0.353 e. The summed E-state index contributed by atoms with van der Waals surface area (Å²) in [6.45, 7) is 2.74. The second-order valence-corrected chi connectivity index (χ2v) is 7.87. The number of rotatable bonds is 5. The number of benzene rings is 2. The molecule has 2 aliphatic rings. The van der Waals surface area contributed by atoms with Crippen molar-refractivity contribution in [3.63, 3.8) is 0 Å². The van der Waals surface area contributed by atoms with Gasteiger partial charge in [-0.2, -0.15) is 0 Å². The van der Waals surface area contributed by atoms with E-state index in [1.54, 1.807) is 24.3 Å². The number of amides is 3. The average molecular weight is 406 g/mol. The van der Waals surface area contributed by atoms with Gasteiger partial charge in [0.05, 0.1) is 17.7 Å². The van der Waals surface area contributed by atoms with Gasteiger partial charge in [-0.05, 0) is 30.5 Å². The number of likely N-dealkylation sites (tertiary alicyclic amines) is 1. The molecule has 2 aromatic rings. The lowest BCUT2D eigenvalue weighted by atomic mass is 10.0. The van der Waals surface area contributed by atoms with Gasteiger partial charge in [0, 0.05) is 25.7 Å². The van der Waals surface area contributed by atoms with E-state index in [1.807, 2.05) is 18.2 Å². The van der Waals surface area contributed by atoms with Crippen molar-refractivity contribution in [2.75, 3.05) is 18.4 Å². The fourth-order valence-corrected chi connectivity index (χ4v) is 4.00. The normalized spacial score (nSPS) is 19.9. The van der Waals surface area contributed by atoms with E-state index in [1.165, 1.54) is 5.56 Å². The van der Waals surface area contributed by atoms with E-state index >= 15 is 0 Å². The quantitative estimate of drug-likeness (QED) is 0.708. The van der Waals surface area contributed by atoms with Crippen LogP contribution in [0.25, 0.3) is 0 Å². The molecule has 0 unspecified atom stereocenters. The van der Waals surface area contributed by atoms with Gasteiger partial charge in [-0.15, -0.1) is 0 Å². The van der Waals surface area contributed by atoms with Crippen molar-refractivity contribution in [3.8, 4) is 0 Å². The Labute approximate surface area is 175 Å². The Balaban J connectivity index is 1.26. The number of hydrogen-bond donors (Lipinski definition) is 3. The van der Waals surface area contributed by atoms with Crippen molar-refractivity contribution in [2.24, 2.45) is 0 Å². The average Bonchev–Trinajstić information content (AvgIpc) is 2.86. The number of para-hydroxylation sites is 1. The summed E-state index contributed by atoms with van der Waals surface area (Å²) < 4.78 is 0. The molecule has 1 saturated heterocycles. The zero-order chi connectivity index (χ0) is 20.9. The Morgan fingerprint density at radius 2 is 1.70 bits per heavy atom. The molecule has 0 radical (unpaired) electrons. The summed E-state index contributed by atoms with van der Waals surface area (Å²) in [6, 6.07) is 16.4. The largest absolute Gasteiger partial charge is 0.353 e. The van der Waals surface area contributed by atoms with Crippen molar-refractivity contribution >= 4 is 23.4 Å². The van der Waals surface area contributed by atoms with E-state index in [-0.39, 0.29) is 30.2 Å². The molecule has 0 bridgehead atoms. The molecule has 7 nitrogen and oxygen atoms in total. The molecule has 2 heterocycles. The van der Waals surface area contributed by atoms with Crippen LogP contribution in [-0.2, 0) is 16.1 Å². The van der Waals surface area contributed by atoms with Crippen molar-refractivity contribution in [3.05, 3.63) is 65.7 Å². The zero-order valence-electron chi connectivity index (χ0n) is 16.8. The van der Waals surface area contributed by atoms with Crippen LogP contribution in [0.15, 0.2) is 54.6 Å². The number of nitrogens with one attached hydrogen (secondary N) is 3. The number of fused-ring (bicyclic) bond motifs is 1. The van der Waals surface area contributed by atoms with Crippen LogP contribution in [0.2, 0.25) is 0 Å². The molecule has 3 amide bonds. The Morgan fingerprint density at radius 3 is 2.47 bits per heavy atom. The molecule has 2 aliphatic heterocycles. The van der Waals surface area contributed by atoms with E-state index in [0.717, 1.165) is 32.5 Å². The van der Waals surface area contributed by atoms with E-state index < -0.39 is 6.04 Å². The third-order valence-corrected chi connectivity index (χ3v) is 5.64. The molecule has 2 aromatic carbocycles. The molecular weight excluding hydrogens is 380 g/mol. The minimum absolute atomic E-state index is 0.0736. The second kappa shape index (κ2) is 9.09. The van der Waals surface area contributed by atoms with Crippen molar-refractivity contribution in [2.45, 2.75) is 37.9 Å². The predicted molar refractivity (Wildman–Crippen MR) is 114 cm³/mol. The SMILES string of the molecule is O=C(C[C@@H]1NC(=O)c2ccccc2NC1=O)NC1CCN(Cc2ccccc2)CC1. The Bertz CT molecular complexity index is 923. The fraction of sp³-hybridized carbons (Fsp3) is 0.348. The minimum atomic E-state index is -0.886. The first kappa shape index (κ1) is 20.1. The zero-order valence-corrected chi connectivity index (χ0v) is 16.8. The Hall–Kier alpha value is -3.19. The predicted octanol–water partition coefficient (Wildman–Crippen LogP) is 1.91. The van der Waals surface area contributed by atoms with Gasteiger partial charge < -0.3 is 16.0 Å². The molecule has 1 atom stereocenters. The van der Waals surface area contributed by atoms with Gasteiger partial charge in [0.1, 0.15) is 6.04 Å². The lowest BCUT2D eigenvalue weighted by molar-refractivity contribution is -0.126. The van der Waals surface area contributed by atoms with E-state index in [4.69, 9.17) is 0 Å². The summed E-state index contributed by atoms with van der Waals surface area (Å²) >= 11 is 0. The van der Waals surface area contributed by atoms with Crippen LogP contribution >= 0.6 is 0 Å². The van der Waals surface area contributed by atoms with Crippen LogP contribution in [0.5, 0.6) is 0 Å².